The van der Waals surface area contributed by atoms with E-state index in [0.29, 0.717) is 12.2 Å². The highest BCUT2D eigenvalue weighted by atomic mass is 32.2. The molecule has 7 heteroatoms. The number of pyridine rings is 1. The van der Waals surface area contributed by atoms with E-state index in [4.69, 9.17) is 0 Å². The van der Waals surface area contributed by atoms with Gasteiger partial charge in [0.2, 0.25) is 15.9 Å². The van der Waals surface area contributed by atoms with E-state index in [1.54, 1.807) is 24.4 Å². The first-order valence-electron chi connectivity index (χ1n) is 7.52. The Kier molecular flexibility index (Phi) is 6.05. The molecular formula is C17H21N3O3S. The fourth-order valence-corrected chi connectivity index (χ4v) is 2.90. The average molecular weight is 347 g/mol. The van der Waals surface area contributed by atoms with Gasteiger partial charge in [-0.05, 0) is 30.2 Å². The van der Waals surface area contributed by atoms with Crippen molar-refractivity contribution in [1.29, 1.82) is 0 Å². The maximum atomic E-state index is 12.1. The number of amides is 1. The van der Waals surface area contributed by atoms with Crippen LogP contribution in [0.1, 0.15) is 16.8 Å². The van der Waals surface area contributed by atoms with Crippen LogP contribution in [0.15, 0.2) is 48.7 Å². The van der Waals surface area contributed by atoms with Crippen LogP contribution < -0.4 is 5.32 Å². The van der Waals surface area contributed by atoms with Crippen LogP contribution in [0.25, 0.3) is 0 Å². The molecular weight excluding hydrogens is 326 g/mol. The monoisotopic (exact) mass is 347 g/mol. The van der Waals surface area contributed by atoms with Crippen LogP contribution in [0.3, 0.4) is 0 Å². The Morgan fingerprint density at radius 1 is 1.17 bits per heavy atom. The zero-order chi connectivity index (χ0) is 17.6. The molecule has 128 valence electrons. The van der Waals surface area contributed by atoms with Crippen molar-refractivity contribution in [2.24, 2.45) is 0 Å². The number of sulfonamides is 1. The Bertz CT molecular complexity index is 792. The molecule has 0 aliphatic carbocycles. The lowest BCUT2D eigenvalue weighted by molar-refractivity contribution is -0.121. The van der Waals surface area contributed by atoms with E-state index in [2.05, 4.69) is 10.3 Å². The van der Waals surface area contributed by atoms with Crippen molar-refractivity contribution in [3.63, 3.8) is 0 Å². The number of nitrogens with zero attached hydrogens (tertiary/aromatic N) is 2. The highest BCUT2D eigenvalue weighted by Crippen LogP contribution is 2.08. The molecule has 6 nitrogen and oxygen atoms in total. The minimum Gasteiger partial charge on any atom is -0.351 e. The molecule has 1 aromatic carbocycles. The van der Waals surface area contributed by atoms with Crippen molar-refractivity contribution >= 4 is 15.9 Å². The molecule has 0 saturated carbocycles. The van der Waals surface area contributed by atoms with Gasteiger partial charge in [-0.25, -0.2) is 8.42 Å². The van der Waals surface area contributed by atoms with E-state index < -0.39 is 10.0 Å². The van der Waals surface area contributed by atoms with Gasteiger partial charge in [-0.3, -0.25) is 9.78 Å². The molecule has 24 heavy (non-hydrogen) atoms. The number of aromatic nitrogens is 1. The lowest BCUT2D eigenvalue weighted by atomic mass is 10.1. The van der Waals surface area contributed by atoms with Gasteiger partial charge in [0.1, 0.15) is 0 Å². The second kappa shape index (κ2) is 8.03. The van der Waals surface area contributed by atoms with Crippen molar-refractivity contribution in [3.05, 3.63) is 65.5 Å². The predicted octanol–water partition coefficient (Wildman–Crippen LogP) is 1.47. The summed E-state index contributed by atoms with van der Waals surface area (Å²) in [6.07, 6.45) is 2.68. The number of hydrogen-bond acceptors (Lipinski definition) is 4. The molecule has 0 unspecified atom stereocenters. The van der Waals surface area contributed by atoms with Gasteiger partial charge >= 0.3 is 0 Å². The summed E-state index contributed by atoms with van der Waals surface area (Å²) in [5, 5.41) is 2.76. The maximum absolute atomic E-state index is 12.1. The fraction of sp³-hybridized carbons (Fsp3) is 0.294. The van der Waals surface area contributed by atoms with Crippen LogP contribution in [-0.2, 0) is 27.9 Å². The van der Waals surface area contributed by atoms with Crippen molar-refractivity contribution < 1.29 is 13.2 Å². The minimum absolute atomic E-state index is 0.0669. The standard InChI is InChI=1S/C17H21N3O3S/c1-14-7-3-4-8-15(14)11-19-17(21)13-20(24(2,22)23)12-16-9-5-6-10-18-16/h3-10H,11-13H2,1-2H3,(H,19,21). The molecule has 0 bridgehead atoms. The molecule has 1 aromatic heterocycles. The summed E-state index contributed by atoms with van der Waals surface area (Å²) in [6, 6.07) is 13.0. The summed E-state index contributed by atoms with van der Waals surface area (Å²) < 4.78 is 24.9. The first-order chi connectivity index (χ1) is 11.4. The number of benzene rings is 1. The van der Waals surface area contributed by atoms with Crippen LogP contribution in [0, 0.1) is 6.92 Å². The number of aryl methyl sites for hydroxylation is 1. The van der Waals surface area contributed by atoms with Gasteiger partial charge < -0.3 is 5.32 Å². The molecule has 2 rings (SSSR count). The van der Waals surface area contributed by atoms with Crippen LogP contribution in [0.5, 0.6) is 0 Å². The zero-order valence-corrected chi connectivity index (χ0v) is 14.6. The van der Waals surface area contributed by atoms with E-state index in [1.807, 2.05) is 31.2 Å². The highest BCUT2D eigenvalue weighted by molar-refractivity contribution is 7.88. The van der Waals surface area contributed by atoms with Crippen LogP contribution in [0.2, 0.25) is 0 Å². The van der Waals surface area contributed by atoms with E-state index in [1.165, 1.54) is 0 Å². The summed E-state index contributed by atoms with van der Waals surface area (Å²) in [7, 11) is -3.52. The van der Waals surface area contributed by atoms with Gasteiger partial charge in [0, 0.05) is 12.7 Å². The summed E-state index contributed by atoms with van der Waals surface area (Å²) in [5.74, 6) is -0.348. The first-order valence-corrected chi connectivity index (χ1v) is 9.37. The third-order valence-electron chi connectivity index (χ3n) is 3.59. The number of carbonyl (C=O) groups excluding carboxylic acids is 1. The molecule has 0 fully saturated rings. The molecule has 0 aliphatic heterocycles. The molecule has 2 aromatic rings. The minimum atomic E-state index is -3.52. The SMILES string of the molecule is Cc1ccccc1CNC(=O)CN(Cc1ccccn1)S(C)(=O)=O. The van der Waals surface area contributed by atoms with Crippen LogP contribution >= 0.6 is 0 Å². The second-order valence-corrected chi connectivity index (χ2v) is 7.54. The number of rotatable bonds is 7. The number of nitrogens with one attached hydrogen (secondary N) is 1. The van der Waals surface area contributed by atoms with Crippen molar-refractivity contribution in [1.82, 2.24) is 14.6 Å². The Hall–Kier alpha value is -2.25. The number of hydrogen-bond donors (Lipinski definition) is 1. The first kappa shape index (κ1) is 18.1. The Morgan fingerprint density at radius 3 is 2.50 bits per heavy atom. The fourth-order valence-electron chi connectivity index (χ4n) is 2.18. The second-order valence-electron chi connectivity index (χ2n) is 5.56. The third kappa shape index (κ3) is 5.43. The van der Waals surface area contributed by atoms with Gasteiger partial charge in [0.05, 0.1) is 25.0 Å². The summed E-state index contributed by atoms with van der Waals surface area (Å²) >= 11 is 0. The summed E-state index contributed by atoms with van der Waals surface area (Å²) in [5.41, 5.74) is 2.67. The lowest BCUT2D eigenvalue weighted by Gasteiger charge is -2.19. The largest absolute Gasteiger partial charge is 0.351 e. The molecule has 0 aliphatic rings. The molecule has 0 saturated heterocycles. The quantitative estimate of drug-likeness (QED) is 0.822. The molecule has 0 atom stereocenters. The average Bonchev–Trinajstić information content (AvgIpc) is 2.53. The normalized spacial score (nSPS) is 11.5. The van der Waals surface area contributed by atoms with Gasteiger partial charge in [0.15, 0.2) is 0 Å². The zero-order valence-electron chi connectivity index (χ0n) is 13.8. The Labute approximate surface area is 142 Å². The molecule has 0 spiro atoms. The topological polar surface area (TPSA) is 79.4 Å². The van der Waals surface area contributed by atoms with Crippen molar-refractivity contribution in [2.45, 2.75) is 20.0 Å². The summed E-state index contributed by atoms with van der Waals surface area (Å²) in [6.45, 7) is 2.16. The van der Waals surface area contributed by atoms with E-state index in [9.17, 15) is 13.2 Å². The number of carbonyl (C=O) groups is 1. The van der Waals surface area contributed by atoms with Gasteiger partial charge in [-0.15, -0.1) is 0 Å². The summed E-state index contributed by atoms with van der Waals surface area (Å²) in [4.78, 5) is 16.2. The highest BCUT2D eigenvalue weighted by Gasteiger charge is 2.20. The molecule has 1 heterocycles. The van der Waals surface area contributed by atoms with E-state index in [0.717, 1.165) is 21.7 Å². The molecule has 0 radical (unpaired) electrons. The van der Waals surface area contributed by atoms with Crippen molar-refractivity contribution in [2.75, 3.05) is 12.8 Å². The van der Waals surface area contributed by atoms with Gasteiger partial charge in [-0.1, -0.05) is 30.3 Å². The lowest BCUT2D eigenvalue weighted by Crippen LogP contribution is -2.39. The predicted molar refractivity (Wildman–Crippen MR) is 92.5 cm³/mol. The molecule has 1 N–H and O–H groups in total. The van der Waals surface area contributed by atoms with E-state index in [-0.39, 0.29) is 19.0 Å². The van der Waals surface area contributed by atoms with Crippen LogP contribution in [-0.4, -0.2) is 36.4 Å². The Balaban J connectivity index is 1.99. The van der Waals surface area contributed by atoms with Crippen molar-refractivity contribution in [3.8, 4) is 0 Å². The smallest absolute Gasteiger partial charge is 0.235 e. The van der Waals surface area contributed by atoms with Crippen LogP contribution in [0.4, 0.5) is 0 Å². The van der Waals surface area contributed by atoms with Gasteiger partial charge in [0.25, 0.3) is 0 Å². The molecule has 1 amide bonds. The third-order valence-corrected chi connectivity index (χ3v) is 4.79. The maximum Gasteiger partial charge on any atom is 0.235 e. The van der Waals surface area contributed by atoms with Gasteiger partial charge in [-0.2, -0.15) is 4.31 Å². The Morgan fingerprint density at radius 2 is 1.88 bits per heavy atom. The van der Waals surface area contributed by atoms with E-state index >= 15 is 0 Å².